The number of allylic oxidation sites excluding steroid dienone is 1. The number of rotatable bonds is 2. The summed E-state index contributed by atoms with van der Waals surface area (Å²) in [6.45, 7) is 5.64. The zero-order chi connectivity index (χ0) is 12.3. The first kappa shape index (κ1) is 12.6. The highest BCUT2D eigenvalue weighted by Crippen LogP contribution is 2.27. The zero-order valence-electron chi connectivity index (χ0n) is 10.6. The third kappa shape index (κ3) is 3.09. The van der Waals surface area contributed by atoms with E-state index in [-0.39, 0.29) is 12.0 Å². The second-order valence-electron chi connectivity index (χ2n) is 5.52. The van der Waals surface area contributed by atoms with E-state index < -0.39 is 0 Å². The van der Waals surface area contributed by atoms with Gasteiger partial charge < -0.3 is 10.6 Å². The molecule has 1 saturated heterocycles. The minimum atomic E-state index is 0.194. The van der Waals surface area contributed by atoms with Crippen LogP contribution in [-0.2, 0) is 4.79 Å². The van der Waals surface area contributed by atoms with Gasteiger partial charge in [0.05, 0.1) is 0 Å². The monoisotopic (exact) mass is 236 g/mol. The lowest BCUT2D eigenvalue weighted by molar-refractivity contribution is -0.138. The Morgan fingerprint density at radius 1 is 1.24 bits per heavy atom. The van der Waals surface area contributed by atoms with Crippen molar-refractivity contribution < 1.29 is 4.79 Å². The second-order valence-corrected chi connectivity index (χ2v) is 5.52. The lowest BCUT2D eigenvalue weighted by atomic mass is 9.84. The van der Waals surface area contributed by atoms with Gasteiger partial charge in [0.25, 0.3) is 0 Å². The number of amides is 1. The number of hydrogen-bond donors (Lipinski definition) is 1. The Balaban J connectivity index is 1.85. The predicted octanol–water partition coefficient (Wildman–Crippen LogP) is 1.93. The molecule has 0 aromatic carbocycles. The topological polar surface area (TPSA) is 46.3 Å². The Hall–Kier alpha value is -0.830. The minimum Gasteiger partial charge on any atom is -0.342 e. The van der Waals surface area contributed by atoms with Crippen molar-refractivity contribution in [3.05, 3.63) is 12.7 Å². The molecule has 2 unspecified atom stereocenters. The molecule has 1 saturated carbocycles. The van der Waals surface area contributed by atoms with E-state index in [1.807, 2.05) is 11.0 Å². The highest BCUT2D eigenvalue weighted by molar-refractivity contribution is 5.79. The fourth-order valence-corrected chi connectivity index (χ4v) is 3.07. The Morgan fingerprint density at radius 3 is 2.53 bits per heavy atom. The second kappa shape index (κ2) is 5.67. The third-order valence-electron chi connectivity index (χ3n) is 4.25. The van der Waals surface area contributed by atoms with Gasteiger partial charge in [0.15, 0.2) is 0 Å². The van der Waals surface area contributed by atoms with Crippen LogP contribution in [0.4, 0.5) is 0 Å². The molecule has 2 atom stereocenters. The smallest absolute Gasteiger partial charge is 0.225 e. The molecular weight excluding hydrogens is 212 g/mol. The van der Waals surface area contributed by atoms with E-state index in [0.717, 1.165) is 51.6 Å². The summed E-state index contributed by atoms with van der Waals surface area (Å²) < 4.78 is 0. The molecule has 1 amide bonds. The fourth-order valence-electron chi connectivity index (χ4n) is 3.07. The molecular formula is C14H24N2O. The van der Waals surface area contributed by atoms with E-state index in [4.69, 9.17) is 5.73 Å². The van der Waals surface area contributed by atoms with Crippen LogP contribution in [0.25, 0.3) is 0 Å². The van der Waals surface area contributed by atoms with Gasteiger partial charge in [-0.05, 0) is 38.0 Å². The van der Waals surface area contributed by atoms with Crippen molar-refractivity contribution >= 4 is 5.91 Å². The molecule has 96 valence electrons. The molecule has 17 heavy (non-hydrogen) atoms. The van der Waals surface area contributed by atoms with Crippen LogP contribution in [0.5, 0.6) is 0 Å². The molecule has 1 aliphatic heterocycles. The molecule has 0 aromatic rings. The van der Waals surface area contributed by atoms with Gasteiger partial charge in [-0.2, -0.15) is 0 Å². The molecule has 0 spiro atoms. The fraction of sp³-hybridized carbons (Fsp3) is 0.786. The maximum atomic E-state index is 12.3. The molecule has 2 aliphatic rings. The zero-order valence-corrected chi connectivity index (χ0v) is 10.6. The van der Waals surface area contributed by atoms with Crippen molar-refractivity contribution in [3.8, 4) is 0 Å². The molecule has 0 aromatic heterocycles. The van der Waals surface area contributed by atoms with Crippen molar-refractivity contribution in [3.63, 3.8) is 0 Å². The molecule has 0 radical (unpaired) electrons. The van der Waals surface area contributed by atoms with Crippen molar-refractivity contribution in [2.75, 3.05) is 13.1 Å². The SMILES string of the molecule is C=CC1CCN(C(=O)C2CCCC(N)C2)CC1. The van der Waals surface area contributed by atoms with Crippen LogP contribution in [-0.4, -0.2) is 29.9 Å². The van der Waals surface area contributed by atoms with Crippen molar-refractivity contribution in [1.82, 2.24) is 4.90 Å². The van der Waals surface area contributed by atoms with Gasteiger partial charge in [0, 0.05) is 25.0 Å². The number of likely N-dealkylation sites (tertiary alicyclic amines) is 1. The summed E-state index contributed by atoms with van der Waals surface area (Å²) in [6, 6.07) is 0.239. The van der Waals surface area contributed by atoms with E-state index >= 15 is 0 Å². The minimum absolute atomic E-state index is 0.194. The van der Waals surface area contributed by atoms with Crippen LogP contribution in [0, 0.1) is 11.8 Å². The highest BCUT2D eigenvalue weighted by Gasteiger charge is 2.30. The predicted molar refractivity (Wildman–Crippen MR) is 69.4 cm³/mol. The average Bonchev–Trinajstić information content (AvgIpc) is 2.38. The summed E-state index contributed by atoms with van der Waals surface area (Å²) >= 11 is 0. The Labute approximate surface area is 104 Å². The largest absolute Gasteiger partial charge is 0.342 e. The first-order valence-electron chi connectivity index (χ1n) is 6.87. The molecule has 1 aliphatic carbocycles. The van der Waals surface area contributed by atoms with Gasteiger partial charge in [-0.1, -0.05) is 12.5 Å². The molecule has 3 nitrogen and oxygen atoms in total. The molecule has 2 rings (SSSR count). The van der Waals surface area contributed by atoms with E-state index in [2.05, 4.69) is 6.58 Å². The van der Waals surface area contributed by atoms with Gasteiger partial charge in [-0.3, -0.25) is 4.79 Å². The maximum Gasteiger partial charge on any atom is 0.225 e. The van der Waals surface area contributed by atoms with Gasteiger partial charge in [0.1, 0.15) is 0 Å². The van der Waals surface area contributed by atoms with Crippen molar-refractivity contribution in [2.24, 2.45) is 17.6 Å². The van der Waals surface area contributed by atoms with Crippen LogP contribution in [0.3, 0.4) is 0 Å². The number of carbonyl (C=O) groups excluding carboxylic acids is 1. The molecule has 3 heteroatoms. The number of hydrogen-bond acceptors (Lipinski definition) is 2. The van der Waals surface area contributed by atoms with Crippen LogP contribution in [0.15, 0.2) is 12.7 Å². The van der Waals surface area contributed by atoms with Crippen LogP contribution >= 0.6 is 0 Å². The standard InChI is InChI=1S/C14H24N2O/c1-2-11-6-8-16(9-7-11)14(17)12-4-3-5-13(15)10-12/h2,11-13H,1,3-10,15H2. The Bertz CT molecular complexity index is 282. The summed E-state index contributed by atoms with van der Waals surface area (Å²) in [5.41, 5.74) is 5.95. The molecule has 0 bridgehead atoms. The quantitative estimate of drug-likeness (QED) is 0.745. The van der Waals surface area contributed by atoms with Crippen molar-refractivity contribution in [2.45, 2.75) is 44.6 Å². The van der Waals surface area contributed by atoms with E-state index in [9.17, 15) is 4.79 Å². The van der Waals surface area contributed by atoms with Gasteiger partial charge >= 0.3 is 0 Å². The van der Waals surface area contributed by atoms with Gasteiger partial charge in [-0.25, -0.2) is 0 Å². The average molecular weight is 236 g/mol. The van der Waals surface area contributed by atoms with E-state index in [0.29, 0.717) is 11.8 Å². The number of nitrogens with zero attached hydrogens (tertiary/aromatic N) is 1. The van der Waals surface area contributed by atoms with Gasteiger partial charge in [0.2, 0.25) is 5.91 Å². The maximum absolute atomic E-state index is 12.3. The van der Waals surface area contributed by atoms with E-state index in [1.54, 1.807) is 0 Å². The third-order valence-corrected chi connectivity index (χ3v) is 4.25. The van der Waals surface area contributed by atoms with Crippen LogP contribution < -0.4 is 5.73 Å². The number of piperidine rings is 1. The molecule has 1 heterocycles. The summed E-state index contributed by atoms with van der Waals surface area (Å²) in [5.74, 6) is 1.15. The van der Waals surface area contributed by atoms with Crippen molar-refractivity contribution in [1.29, 1.82) is 0 Å². The highest BCUT2D eigenvalue weighted by atomic mass is 16.2. The normalized spacial score (nSPS) is 31.2. The molecule has 2 N–H and O–H groups in total. The van der Waals surface area contributed by atoms with Crippen LogP contribution in [0.1, 0.15) is 38.5 Å². The lowest BCUT2D eigenvalue weighted by Gasteiger charge is -2.35. The first-order valence-corrected chi connectivity index (χ1v) is 6.87. The Kier molecular flexibility index (Phi) is 4.21. The van der Waals surface area contributed by atoms with Gasteiger partial charge in [-0.15, -0.1) is 6.58 Å². The summed E-state index contributed by atoms with van der Waals surface area (Å²) in [5, 5.41) is 0. The number of nitrogens with two attached hydrogens (primary N) is 1. The first-order chi connectivity index (χ1) is 8.20. The Morgan fingerprint density at radius 2 is 1.94 bits per heavy atom. The molecule has 2 fully saturated rings. The summed E-state index contributed by atoms with van der Waals surface area (Å²) in [6.07, 6.45) is 8.30. The summed E-state index contributed by atoms with van der Waals surface area (Å²) in [7, 11) is 0. The van der Waals surface area contributed by atoms with Crippen LogP contribution in [0.2, 0.25) is 0 Å². The summed E-state index contributed by atoms with van der Waals surface area (Å²) in [4.78, 5) is 14.4. The van der Waals surface area contributed by atoms with E-state index in [1.165, 1.54) is 0 Å². The lowest BCUT2D eigenvalue weighted by Crippen LogP contribution is -2.44. The number of carbonyl (C=O) groups is 1.